The molecule has 0 saturated heterocycles. The average Bonchev–Trinajstić information content (AvgIpc) is 1.62. The molecule has 0 saturated carbocycles. The van der Waals surface area contributed by atoms with Gasteiger partial charge < -0.3 is 0 Å². The van der Waals surface area contributed by atoms with E-state index in [1.165, 1.54) is 25.7 Å². The SMILES string of the molecule is C1=CCCC=CCC1.[Os]. The first kappa shape index (κ1) is 9.12. The molecule has 1 aliphatic rings. The van der Waals surface area contributed by atoms with Crippen molar-refractivity contribution in [2.75, 3.05) is 0 Å². The molecule has 0 atom stereocenters. The molecule has 0 fully saturated rings. The normalized spacial score (nSPS) is 17.8. The van der Waals surface area contributed by atoms with E-state index >= 15 is 0 Å². The van der Waals surface area contributed by atoms with E-state index < -0.39 is 0 Å². The van der Waals surface area contributed by atoms with Gasteiger partial charge in [0, 0.05) is 19.8 Å². The fraction of sp³-hybridized carbons (Fsp3) is 0.500. The largest absolute Gasteiger partial charge is 0.0882 e. The Labute approximate surface area is 70.1 Å². The Balaban J connectivity index is 0.000000640. The van der Waals surface area contributed by atoms with Gasteiger partial charge in [0.2, 0.25) is 0 Å². The second-order valence-corrected chi connectivity index (χ2v) is 2.10. The van der Waals surface area contributed by atoms with Crippen molar-refractivity contribution in [2.45, 2.75) is 25.7 Å². The van der Waals surface area contributed by atoms with Crippen molar-refractivity contribution in [2.24, 2.45) is 0 Å². The van der Waals surface area contributed by atoms with E-state index in [2.05, 4.69) is 24.3 Å². The van der Waals surface area contributed by atoms with E-state index in [4.69, 9.17) is 0 Å². The predicted molar refractivity (Wildman–Crippen MR) is 36.7 cm³/mol. The van der Waals surface area contributed by atoms with E-state index in [0.29, 0.717) is 0 Å². The van der Waals surface area contributed by atoms with Gasteiger partial charge in [-0.1, -0.05) is 24.3 Å². The Morgan fingerprint density at radius 3 is 1.00 bits per heavy atom. The summed E-state index contributed by atoms with van der Waals surface area (Å²) < 4.78 is 0. The minimum Gasteiger partial charge on any atom is -0.0882 e. The van der Waals surface area contributed by atoms with Crippen LogP contribution in [0.2, 0.25) is 0 Å². The van der Waals surface area contributed by atoms with Gasteiger partial charge in [0.15, 0.2) is 0 Å². The van der Waals surface area contributed by atoms with Crippen molar-refractivity contribution in [3.05, 3.63) is 24.3 Å². The van der Waals surface area contributed by atoms with Crippen LogP contribution in [0.25, 0.3) is 0 Å². The molecule has 0 nitrogen and oxygen atoms in total. The second-order valence-electron chi connectivity index (χ2n) is 2.10. The summed E-state index contributed by atoms with van der Waals surface area (Å²) in [4.78, 5) is 0. The zero-order valence-electron chi connectivity index (χ0n) is 5.49. The minimum absolute atomic E-state index is 0. The second kappa shape index (κ2) is 6.24. The van der Waals surface area contributed by atoms with E-state index in [-0.39, 0.29) is 19.8 Å². The molecule has 1 aliphatic carbocycles. The van der Waals surface area contributed by atoms with Crippen LogP contribution in [0, 0.1) is 0 Å². The first-order valence-corrected chi connectivity index (χ1v) is 3.30. The molecule has 0 unspecified atom stereocenters. The Morgan fingerprint density at radius 1 is 0.556 bits per heavy atom. The van der Waals surface area contributed by atoms with E-state index in [1.807, 2.05) is 0 Å². The van der Waals surface area contributed by atoms with E-state index in [9.17, 15) is 0 Å². The van der Waals surface area contributed by atoms with Crippen LogP contribution in [0.4, 0.5) is 0 Å². The predicted octanol–water partition coefficient (Wildman–Crippen LogP) is 2.67. The topological polar surface area (TPSA) is 0 Å². The number of hydrogen-bond donors (Lipinski definition) is 0. The van der Waals surface area contributed by atoms with Gasteiger partial charge in [0.25, 0.3) is 0 Å². The fourth-order valence-electron chi connectivity index (χ4n) is 0.856. The van der Waals surface area contributed by atoms with E-state index in [1.54, 1.807) is 0 Å². The van der Waals surface area contributed by atoms with Crippen LogP contribution < -0.4 is 0 Å². The van der Waals surface area contributed by atoms with Gasteiger partial charge in [-0.15, -0.1) is 0 Å². The summed E-state index contributed by atoms with van der Waals surface area (Å²) in [5.41, 5.74) is 0. The molecule has 0 aromatic carbocycles. The zero-order valence-corrected chi connectivity index (χ0v) is 8.03. The summed E-state index contributed by atoms with van der Waals surface area (Å²) in [6.07, 6.45) is 14.0. The maximum Gasteiger partial charge on any atom is 0 e. The first-order valence-electron chi connectivity index (χ1n) is 3.30. The molecule has 0 aromatic heterocycles. The van der Waals surface area contributed by atoms with Gasteiger partial charge in [0.05, 0.1) is 0 Å². The molecule has 0 radical (unpaired) electrons. The minimum atomic E-state index is 0. The maximum absolute atomic E-state index is 2.27. The fourth-order valence-corrected chi connectivity index (χ4v) is 0.856. The monoisotopic (exact) mass is 300 g/mol. The van der Waals surface area contributed by atoms with Gasteiger partial charge in [-0.25, -0.2) is 0 Å². The summed E-state index contributed by atoms with van der Waals surface area (Å²) in [5.74, 6) is 0. The summed E-state index contributed by atoms with van der Waals surface area (Å²) in [6, 6.07) is 0. The van der Waals surface area contributed by atoms with Crippen LogP contribution in [0.5, 0.6) is 0 Å². The van der Waals surface area contributed by atoms with Crippen LogP contribution >= 0.6 is 0 Å². The first-order chi connectivity index (χ1) is 4.00. The smallest absolute Gasteiger partial charge is 0 e. The molecular weight excluding hydrogens is 286 g/mol. The van der Waals surface area contributed by atoms with Crippen LogP contribution in [0.1, 0.15) is 25.7 Å². The standard InChI is InChI=1S/C8H12.Os/c1-2-4-6-8-7-5-3-1;/h1-2,7-8H,3-6H2;. The molecule has 0 heterocycles. The van der Waals surface area contributed by atoms with Gasteiger partial charge >= 0.3 is 0 Å². The number of allylic oxidation sites excluding steroid dienone is 4. The van der Waals surface area contributed by atoms with Crippen LogP contribution in [-0.4, -0.2) is 0 Å². The summed E-state index contributed by atoms with van der Waals surface area (Å²) in [7, 11) is 0. The quantitative estimate of drug-likeness (QED) is 0.603. The van der Waals surface area contributed by atoms with Crippen molar-refractivity contribution in [3.63, 3.8) is 0 Å². The molecule has 0 amide bonds. The molecule has 1 heteroatoms. The molecule has 0 aromatic rings. The molecule has 0 bridgehead atoms. The zero-order chi connectivity index (χ0) is 5.66. The van der Waals surface area contributed by atoms with Crippen LogP contribution in [-0.2, 0) is 19.8 Å². The van der Waals surface area contributed by atoms with Gasteiger partial charge in [-0.2, -0.15) is 0 Å². The van der Waals surface area contributed by atoms with Crippen molar-refractivity contribution in [1.82, 2.24) is 0 Å². The molecule has 0 aliphatic heterocycles. The van der Waals surface area contributed by atoms with Crippen LogP contribution in [0.3, 0.4) is 0 Å². The number of hydrogen-bond acceptors (Lipinski definition) is 0. The van der Waals surface area contributed by atoms with E-state index in [0.717, 1.165) is 0 Å². The van der Waals surface area contributed by atoms with Gasteiger partial charge in [-0.05, 0) is 25.7 Å². The van der Waals surface area contributed by atoms with Gasteiger partial charge in [0.1, 0.15) is 0 Å². The Morgan fingerprint density at radius 2 is 0.778 bits per heavy atom. The Hall–Kier alpha value is 0.116. The Bertz CT molecular complexity index is 77.1. The van der Waals surface area contributed by atoms with Crippen molar-refractivity contribution >= 4 is 0 Å². The molecule has 0 spiro atoms. The third-order valence-corrected chi connectivity index (χ3v) is 1.33. The molecule has 0 N–H and O–H groups in total. The third-order valence-electron chi connectivity index (χ3n) is 1.33. The molecule has 9 heavy (non-hydrogen) atoms. The van der Waals surface area contributed by atoms with Crippen LogP contribution in [0.15, 0.2) is 24.3 Å². The van der Waals surface area contributed by atoms with Gasteiger partial charge in [-0.3, -0.25) is 0 Å². The van der Waals surface area contributed by atoms with Crippen molar-refractivity contribution in [1.29, 1.82) is 0 Å². The van der Waals surface area contributed by atoms with Crippen molar-refractivity contribution in [3.8, 4) is 0 Å². The average molecular weight is 298 g/mol. The molecule has 52 valence electrons. The van der Waals surface area contributed by atoms with Crippen molar-refractivity contribution < 1.29 is 19.8 Å². The Kier molecular flexibility index (Phi) is 6.32. The molecular formula is C8H12Os. The summed E-state index contributed by atoms with van der Waals surface area (Å²) in [5, 5.41) is 0. The third kappa shape index (κ3) is 4.61. The number of rotatable bonds is 0. The molecule has 1 rings (SSSR count). The summed E-state index contributed by atoms with van der Waals surface area (Å²) in [6.45, 7) is 0. The maximum atomic E-state index is 2.27. The summed E-state index contributed by atoms with van der Waals surface area (Å²) >= 11 is 0.